The average Bonchev–Trinajstić information content (AvgIpc) is 3.88. The maximum Gasteiger partial charge on any atom is 0.325 e. The van der Waals surface area contributed by atoms with E-state index in [0.717, 1.165) is 0 Å². The van der Waals surface area contributed by atoms with Crippen LogP contribution in [0.1, 0.15) is 12.5 Å². The van der Waals surface area contributed by atoms with Gasteiger partial charge >= 0.3 is 6.72 Å². The van der Waals surface area contributed by atoms with Crippen LogP contribution in [0.25, 0.3) is 22.3 Å². The first-order valence-corrected chi connectivity index (χ1v) is 21.7. The molecule has 2 fully saturated rings. The molecule has 26 heteroatoms. The fraction of sp³-hybridized carbons (Fsp3) is 0.630. The molecule has 2 saturated heterocycles. The van der Waals surface area contributed by atoms with Crippen molar-refractivity contribution in [3.63, 3.8) is 0 Å². The number of hydrogen-bond acceptors (Lipinski definition) is 20. The lowest BCUT2D eigenvalue weighted by atomic mass is 10.1. The van der Waals surface area contributed by atoms with Gasteiger partial charge in [0.25, 0.3) is 0 Å². The van der Waals surface area contributed by atoms with Crippen molar-refractivity contribution < 1.29 is 56.9 Å². The van der Waals surface area contributed by atoms with Crippen molar-refractivity contribution >= 4 is 70.8 Å². The summed E-state index contributed by atoms with van der Waals surface area (Å²) in [6.45, 7) is -6.07. The number of methoxy groups -OCH3 is 2. The van der Waals surface area contributed by atoms with Crippen molar-refractivity contribution in [2.45, 2.75) is 49.1 Å². The summed E-state index contributed by atoms with van der Waals surface area (Å²) in [4.78, 5) is 46.9. The van der Waals surface area contributed by atoms with Gasteiger partial charge in [-0.15, -0.1) is 0 Å². The van der Waals surface area contributed by atoms with Gasteiger partial charge < -0.3 is 63.8 Å². The second-order valence-corrected chi connectivity index (χ2v) is 18.6. The summed E-state index contributed by atoms with van der Waals surface area (Å²) in [7, 11) is 3.02. The molecular weight excluding hydrogens is 782 g/mol. The van der Waals surface area contributed by atoms with E-state index in [-0.39, 0.29) is 44.7 Å². The standard InChI is InChI=1S/C27H40N10O12P2S2/c1-41-4-6-43-20-18(38)14(47-26(20)36-12-34-16-22(28)30-10-32-24(16)36)8-46-51(40,53)49-19-15(9-45-50(3,39)52)48-27(21(19)44-7-5-42-2)37-13-35-17-23(29)31-11-33-25(17)37/h10-15,18-21,26-27,38H,4-9H2,1-3H3,(H,39,52)(H,40,53)(H2,28,30,32)(H2,29,31,33)/t14-,15-,18?,19?,20+,21+,26-,27-,50?,51?/m1/s1. The zero-order chi connectivity index (χ0) is 37.9. The van der Waals surface area contributed by atoms with Crippen LogP contribution in [0, 0.1) is 0 Å². The van der Waals surface area contributed by atoms with Crippen LogP contribution in [0.15, 0.2) is 25.3 Å². The number of fused-ring (bicyclic) bond motifs is 2. The lowest BCUT2D eigenvalue weighted by Crippen LogP contribution is -2.39. The molecule has 7 N–H and O–H groups in total. The second-order valence-electron chi connectivity index (χ2n) is 11.9. The minimum atomic E-state index is -4.20. The maximum atomic E-state index is 11.5. The lowest BCUT2D eigenvalue weighted by Gasteiger charge is -2.29. The molecule has 2 aliphatic rings. The van der Waals surface area contributed by atoms with Gasteiger partial charge in [0.05, 0.1) is 52.3 Å². The number of aliphatic hydroxyl groups is 1. The number of ether oxygens (including phenoxy) is 6. The summed E-state index contributed by atoms with van der Waals surface area (Å²) in [6, 6.07) is 0. The highest BCUT2D eigenvalue weighted by atomic mass is 32.5. The Kier molecular flexibility index (Phi) is 13.0. The molecule has 0 saturated carbocycles. The van der Waals surface area contributed by atoms with Crippen molar-refractivity contribution in [1.29, 1.82) is 0 Å². The fourth-order valence-corrected chi connectivity index (χ4v) is 7.89. The molecule has 6 rings (SSSR count). The van der Waals surface area contributed by atoms with E-state index in [1.807, 2.05) is 0 Å². The zero-order valence-corrected chi connectivity index (χ0v) is 32.1. The summed E-state index contributed by atoms with van der Waals surface area (Å²) in [6.07, 6.45) is -2.99. The van der Waals surface area contributed by atoms with Gasteiger partial charge in [0.1, 0.15) is 60.3 Å². The monoisotopic (exact) mass is 822 g/mol. The summed E-state index contributed by atoms with van der Waals surface area (Å²) >= 11 is 10.6. The van der Waals surface area contributed by atoms with E-state index in [2.05, 4.69) is 29.9 Å². The van der Waals surface area contributed by atoms with Gasteiger partial charge in [0, 0.05) is 20.9 Å². The van der Waals surface area contributed by atoms with Crippen LogP contribution in [0.3, 0.4) is 0 Å². The molecular formula is C27H40N10O12P2S2. The van der Waals surface area contributed by atoms with Crippen LogP contribution >= 0.6 is 13.2 Å². The Morgan fingerprint density at radius 1 is 0.736 bits per heavy atom. The predicted octanol–water partition coefficient (Wildman–Crippen LogP) is -0.384. The van der Waals surface area contributed by atoms with Gasteiger partial charge in [0.2, 0.25) is 0 Å². The smallest absolute Gasteiger partial charge is 0.325 e. The summed E-state index contributed by atoms with van der Waals surface area (Å²) < 4.78 is 55.6. The minimum Gasteiger partial charge on any atom is -0.387 e. The van der Waals surface area contributed by atoms with Crippen LogP contribution in [0.2, 0.25) is 0 Å². The third kappa shape index (κ3) is 9.15. The highest BCUT2D eigenvalue weighted by Gasteiger charge is 2.51. The van der Waals surface area contributed by atoms with Gasteiger partial charge in [0.15, 0.2) is 41.9 Å². The van der Waals surface area contributed by atoms with Crippen molar-refractivity contribution in [2.24, 2.45) is 0 Å². The molecule has 22 nitrogen and oxygen atoms in total. The van der Waals surface area contributed by atoms with Crippen LogP contribution in [0.4, 0.5) is 11.6 Å². The normalized spacial score (nSPS) is 28.5. The number of nitrogens with two attached hydrogens (primary N) is 2. The van der Waals surface area contributed by atoms with Crippen LogP contribution in [0.5, 0.6) is 0 Å². The molecule has 0 bridgehead atoms. The molecule has 292 valence electrons. The molecule has 4 aromatic heterocycles. The maximum absolute atomic E-state index is 11.5. The Hall–Kier alpha value is -2.48. The van der Waals surface area contributed by atoms with Crippen molar-refractivity contribution in [2.75, 3.05) is 72.0 Å². The number of anilines is 2. The first-order valence-electron chi connectivity index (χ1n) is 16.0. The Labute approximate surface area is 312 Å². The fourth-order valence-electron chi connectivity index (χ4n) is 5.84. The average molecular weight is 823 g/mol. The summed E-state index contributed by atoms with van der Waals surface area (Å²) in [5.74, 6) is 0.302. The molecule has 0 amide bonds. The van der Waals surface area contributed by atoms with E-state index in [4.69, 9.17) is 77.1 Å². The molecule has 0 aliphatic carbocycles. The molecule has 53 heavy (non-hydrogen) atoms. The number of aliphatic hydroxyl groups excluding tert-OH is 1. The topological polar surface area (TPSA) is 283 Å². The summed E-state index contributed by atoms with van der Waals surface area (Å²) in [5.41, 5.74) is 13.3. The molecule has 2 aliphatic heterocycles. The minimum absolute atomic E-state index is 0.0760. The van der Waals surface area contributed by atoms with Crippen molar-refractivity contribution in [1.82, 2.24) is 39.0 Å². The van der Waals surface area contributed by atoms with E-state index < -0.39 is 68.9 Å². The largest absolute Gasteiger partial charge is 0.387 e. The van der Waals surface area contributed by atoms with E-state index in [1.165, 1.54) is 46.2 Å². The predicted molar refractivity (Wildman–Crippen MR) is 192 cm³/mol. The first kappa shape index (κ1) is 40.2. The Morgan fingerprint density at radius 2 is 1.25 bits per heavy atom. The Morgan fingerprint density at radius 3 is 1.79 bits per heavy atom. The van der Waals surface area contributed by atoms with Gasteiger partial charge in [-0.25, -0.2) is 29.9 Å². The first-order chi connectivity index (χ1) is 25.3. The van der Waals surface area contributed by atoms with Crippen molar-refractivity contribution in [3.8, 4) is 0 Å². The van der Waals surface area contributed by atoms with E-state index >= 15 is 0 Å². The zero-order valence-electron chi connectivity index (χ0n) is 28.6. The number of rotatable bonds is 18. The molecule has 10 atom stereocenters. The van der Waals surface area contributed by atoms with Gasteiger partial charge in [-0.3, -0.25) is 13.7 Å². The quantitative estimate of drug-likeness (QED) is 0.0631. The van der Waals surface area contributed by atoms with Gasteiger partial charge in [-0.2, -0.15) is 0 Å². The number of hydrogen-bond donors (Lipinski definition) is 5. The highest BCUT2D eigenvalue weighted by molar-refractivity contribution is 8.09. The van der Waals surface area contributed by atoms with Crippen LogP contribution in [-0.4, -0.2) is 151 Å². The van der Waals surface area contributed by atoms with E-state index in [1.54, 1.807) is 9.13 Å². The lowest BCUT2D eigenvalue weighted by molar-refractivity contribution is -0.0800. The third-order valence-corrected chi connectivity index (χ3v) is 10.8. The Bertz CT molecular complexity index is 1960. The number of nitrogens with zero attached hydrogens (tertiary/aromatic N) is 8. The molecule has 4 aromatic rings. The number of nitrogen functional groups attached to an aromatic ring is 2. The highest BCUT2D eigenvalue weighted by Crippen LogP contribution is 2.51. The van der Waals surface area contributed by atoms with E-state index in [0.29, 0.717) is 22.3 Å². The van der Waals surface area contributed by atoms with E-state index in [9.17, 15) is 14.9 Å². The molecule has 0 spiro atoms. The molecule has 6 heterocycles. The summed E-state index contributed by atoms with van der Waals surface area (Å²) in [5, 5.41) is 11.4. The number of imidazole rings is 2. The SMILES string of the molecule is COCCO[C@H]1C(O)[C@@H](COP(O)(=S)OC2[C@@H](COP(C)(O)=S)O[C@@H](n3cnc4c(N)ncnc43)[C@H]2OCCOC)O[C@H]1n1cnc2c(N)ncnc21. The molecule has 0 radical (unpaired) electrons. The third-order valence-electron chi connectivity index (χ3n) is 8.25. The second kappa shape index (κ2) is 17.1. The molecule has 4 unspecified atom stereocenters. The Balaban J connectivity index is 1.23. The van der Waals surface area contributed by atoms with Gasteiger partial charge in [-0.1, -0.05) is 0 Å². The number of aromatic nitrogens is 8. The van der Waals surface area contributed by atoms with Gasteiger partial charge in [-0.05, 0) is 23.6 Å². The van der Waals surface area contributed by atoms with Crippen LogP contribution in [-0.2, 0) is 65.6 Å². The van der Waals surface area contributed by atoms with Crippen molar-refractivity contribution in [3.05, 3.63) is 25.3 Å². The van der Waals surface area contributed by atoms with Crippen LogP contribution < -0.4 is 11.5 Å². The molecule has 0 aromatic carbocycles.